The maximum absolute atomic E-state index is 12.9. The largest absolute Gasteiger partial charge is 0.347 e. The number of carbonyl (C=O) groups excluding carboxylic acids is 1. The zero-order valence-corrected chi connectivity index (χ0v) is 14.7. The number of benzene rings is 2. The van der Waals surface area contributed by atoms with E-state index < -0.39 is 0 Å². The molecule has 0 aliphatic rings. The van der Waals surface area contributed by atoms with Gasteiger partial charge in [-0.3, -0.25) is 9.79 Å². The Morgan fingerprint density at radius 1 is 1.12 bits per heavy atom. The highest BCUT2D eigenvalue weighted by atomic mass is 19.1. The molecule has 132 valence electrons. The zero-order valence-electron chi connectivity index (χ0n) is 14.7. The van der Waals surface area contributed by atoms with Crippen molar-refractivity contribution in [3.05, 3.63) is 65.5 Å². The number of hydrogen-bond acceptors (Lipinski definition) is 2. The van der Waals surface area contributed by atoms with Gasteiger partial charge in [0.1, 0.15) is 5.82 Å². The lowest BCUT2D eigenvalue weighted by Crippen LogP contribution is -2.42. The molecule has 0 saturated carbocycles. The lowest BCUT2D eigenvalue weighted by molar-refractivity contribution is -0.115. The fourth-order valence-corrected chi connectivity index (χ4v) is 2.32. The molecular formula is C19H23FN4O. The third-order valence-electron chi connectivity index (χ3n) is 3.65. The number of anilines is 1. The third-order valence-corrected chi connectivity index (χ3v) is 3.65. The van der Waals surface area contributed by atoms with Gasteiger partial charge in [-0.1, -0.05) is 29.8 Å². The van der Waals surface area contributed by atoms with Gasteiger partial charge in [0.2, 0.25) is 5.91 Å². The number of aryl methyl sites for hydroxylation is 1. The van der Waals surface area contributed by atoms with Crippen LogP contribution in [0.3, 0.4) is 0 Å². The number of halogens is 1. The van der Waals surface area contributed by atoms with E-state index in [1.807, 2.05) is 18.9 Å². The minimum atomic E-state index is -0.339. The summed E-state index contributed by atoms with van der Waals surface area (Å²) in [5, 5.41) is 5.72. The first-order valence-electron chi connectivity index (χ1n) is 8.00. The standard InChI is InChI=1S/C19H23FN4O/c1-14-4-6-15(7-5-14)13-24(3)19(21-2)22-12-18(25)23-17-10-8-16(20)9-11-17/h4-11H,12-13H2,1-3H3,(H,21,22)(H,23,25). The molecule has 5 nitrogen and oxygen atoms in total. The van der Waals surface area contributed by atoms with Gasteiger partial charge in [0.25, 0.3) is 0 Å². The smallest absolute Gasteiger partial charge is 0.243 e. The maximum atomic E-state index is 12.9. The van der Waals surface area contributed by atoms with Crippen LogP contribution in [-0.4, -0.2) is 37.4 Å². The van der Waals surface area contributed by atoms with Crippen molar-refractivity contribution in [2.75, 3.05) is 26.0 Å². The molecule has 0 aliphatic carbocycles. The summed E-state index contributed by atoms with van der Waals surface area (Å²) in [5.74, 6) is 0.0561. The molecule has 0 bridgehead atoms. The predicted molar refractivity (Wildman–Crippen MR) is 99.0 cm³/mol. The van der Waals surface area contributed by atoms with Gasteiger partial charge in [-0.15, -0.1) is 0 Å². The summed E-state index contributed by atoms with van der Waals surface area (Å²) >= 11 is 0. The molecule has 0 radical (unpaired) electrons. The molecule has 25 heavy (non-hydrogen) atoms. The Morgan fingerprint density at radius 3 is 2.36 bits per heavy atom. The first-order chi connectivity index (χ1) is 12.0. The van der Waals surface area contributed by atoms with Crippen LogP contribution in [0, 0.1) is 12.7 Å². The van der Waals surface area contributed by atoms with Crippen molar-refractivity contribution >= 4 is 17.6 Å². The summed E-state index contributed by atoms with van der Waals surface area (Å²) < 4.78 is 12.9. The van der Waals surface area contributed by atoms with Crippen molar-refractivity contribution in [3.63, 3.8) is 0 Å². The Bertz CT molecular complexity index is 726. The van der Waals surface area contributed by atoms with Gasteiger partial charge in [0.15, 0.2) is 5.96 Å². The molecule has 0 aliphatic heterocycles. The molecule has 0 fully saturated rings. The van der Waals surface area contributed by atoms with E-state index in [9.17, 15) is 9.18 Å². The molecule has 2 rings (SSSR count). The van der Waals surface area contributed by atoms with Gasteiger partial charge < -0.3 is 15.5 Å². The summed E-state index contributed by atoms with van der Waals surface area (Å²) in [6.45, 7) is 2.80. The van der Waals surface area contributed by atoms with E-state index in [4.69, 9.17) is 0 Å². The molecule has 2 aromatic rings. The number of nitrogens with one attached hydrogen (secondary N) is 2. The van der Waals surface area contributed by atoms with Gasteiger partial charge in [-0.2, -0.15) is 0 Å². The molecule has 0 atom stereocenters. The second kappa shape index (κ2) is 8.82. The second-order valence-electron chi connectivity index (χ2n) is 5.80. The van der Waals surface area contributed by atoms with Crippen molar-refractivity contribution in [3.8, 4) is 0 Å². The monoisotopic (exact) mass is 342 g/mol. The summed E-state index contributed by atoms with van der Waals surface area (Å²) in [6, 6.07) is 13.9. The molecule has 1 amide bonds. The average Bonchev–Trinajstić information content (AvgIpc) is 2.59. The number of aliphatic imine (C=N–C) groups is 1. The van der Waals surface area contributed by atoms with Crippen LogP contribution in [0.2, 0.25) is 0 Å². The average molecular weight is 342 g/mol. The number of carbonyl (C=O) groups is 1. The zero-order chi connectivity index (χ0) is 18.2. The fourth-order valence-electron chi connectivity index (χ4n) is 2.32. The summed E-state index contributed by atoms with van der Waals surface area (Å²) in [6.07, 6.45) is 0. The van der Waals surface area contributed by atoms with Crippen LogP contribution in [0.25, 0.3) is 0 Å². The Labute approximate surface area is 147 Å². The highest BCUT2D eigenvalue weighted by molar-refractivity contribution is 5.94. The molecule has 2 N–H and O–H groups in total. The summed E-state index contributed by atoms with van der Waals surface area (Å²) in [5.41, 5.74) is 2.93. The predicted octanol–water partition coefficient (Wildman–Crippen LogP) is 2.78. The molecular weight excluding hydrogens is 319 g/mol. The number of amides is 1. The molecule has 0 spiro atoms. The van der Waals surface area contributed by atoms with E-state index in [1.54, 1.807) is 7.05 Å². The van der Waals surface area contributed by atoms with Crippen LogP contribution in [-0.2, 0) is 11.3 Å². The maximum Gasteiger partial charge on any atom is 0.243 e. The Morgan fingerprint density at radius 2 is 1.76 bits per heavy atom. The molecule has 0 aromatic heterocycles. The normalized spacial score (nSPS) is 11.1. The van der Waals surface area contributed by atoms with Gasteiger partial charge in [0, 0.05) is 26.3 Å². The van der Waals surface area contributed by atoms with E-state index in [0.29, 0.717) is 18.2 Å². The van der Waals surface area contributed by atoms with Crippen molar-refractivity contribution in [1.29, 1.82) is 0 Å². The lowest BCUT2D eigenvalue weighted by Gasteiger charge is -2.22. The number of rotatable bonds is 5. The van der Waals surface area contributed by atoms with Crippen LogP contribution in [0.1, 0.15) is 11.1 Å². The Balaban J connectivity index is 1.85. The molecule has 0 heterocycles. The Hall–Kier alpha value is -2.89. The number of guanidine groups is 1. The highest BCUT2D eigenvalue weighted by Gasteiger charge is 2.09. The quantitative estimate of drug-likeness (QED) is 0.649. The van der Waals surface area contributed by atoms with Crippen LogP contribution in [0.5, 0.6) is 0 Å². The molecule has 6 heteroatoms. The third kappa shape index (κ3) is 5.91. The minimum absolute atomic E-state index is 0.0717. The van der Waals surface area contributed by atoms with Crippen molar-refractivity contribution in [2.45, 2.75) is 13.5 Å². The lowest BCUT2D eigenvalue weighted by atomic mass is 10.1. The van der Waals surface area contributed by atoms with Crippen LogP contribution in [0.15, 0.2) is 53.5 Å². The highest BCUT2D eigenvalue weighted by Crippen LogP contribution is 2.08. The molecule has 2 aromatic carbocycles. The van der Waals surface area contributed by atoms with Gasteiger partial charge in [-0.25, -0.2) is 4.39 Å². The second-order valence-corrected chi connectivity index (χ2v) is 5.80. The van der Waals surface area contributed by atoms with Crippen molar-refractivity contribution in [2.24, 2.45) is 4.99 Å². The SMILES string of the molecule is CN=C(NCC(=O)Nc1ccc(F)cc1)N(C)Cc1ccc(C)cc1. The molecule has 0 saturated heterocycles. The topological polar surface area (TPSA) is 56.7 Å². The van der Waals surface area contributed by atoms with Gasteiger partial charge >= 0.3 is 0 Å². The van der Waals surface area contributed by atoms with Crippen LogP contribution in [0.4, 0.5) is 10.1 Å². The number of nitrogens with zero attached hydrogens (tertiary/aromatic N) is 2. The minimum Gasteiger partial charge on any atom is -0.347 e. The fraction of sp³-hybridized carbons (Fsp3) is 0.263. The van der Waals surface area contributed by atoms with E-state index in [0.717, 1.165) is 5.56 Å². The van der Waals surface area contributed by atoms with Gasteiger partial charge in [-0.05, 0) is 36.8 Å². The van der Waals surface area contributed by atoms with Crippen LogP contribution < -0.4 is 10.6 Å². The van der Waals surface area contributed by atoms with Crippen molar-refractivity contribution < 1.29 is 9.18 Å². The van der Waals surface area contributed by atoms with Crippen LogP contribution >= 0.6 is 0 Å². The first-order valence-corrected chi connectivity index (χ1v) is 8.00. The number of hydrogen-bond donors (Lipinski definition) is 2. The van der Waals surface area contributed by atoms with E-state index in [2.05, 4.69) is 39.9 Å². The molecule has 0 unspecified atom stereocenters. The van der Waals surface area contributed by atoms with E-state index in [-0.39, 0.29) is 18.3 Å². The summed E-state index contributed by atoms with van der Waals surface area (Å²) in [7, 11) is 3.58. The van der Waals surface area contributed by atoms with Crippen molar-refractivity contribution in [1.82, 2.24) is 10.2 Å². The van der Waals surface area contributed by atoms with E-state index >= 15 is 0 Å². The first kappa shape index (κ1) is 18.4. The Kier molecular flexibility index (Phi) is 6.51. The van der Waals surface area contributed by atoms with Gasteiger partial charge in [0.05, 0.1) is 6.54 Å². The summed E-state index contributed by atoms with van der Waals surface area (Å²) in [4.78, 5) is 18.1. The van der Waals surface area contributed by atoms with E-state index in [1.165, 1.54) is 29.8 Å².